The van der Waals surface area contributed by atoms with E-state index < -0.39 is 0 Å². The second-order valence-corrected chi connectivity index (χ2v) is 31.8. The molecule has 0 atom stereocenters. The molecule has 1 aromatic rings. The Hall–Kier alpha value is 1.80. The van der Waals surface area contributed by atoms with Gasteiger partial charge in [0.2, 0.25) is 0 Å². The molecule has 0 fully saturated rings. The van der Waals surface area contributed by atoms with Gasteiger partial charge in [-0.2, -0.15) is 0 Å². The maximum atomic E-state index is 2.49. The van der Waals surface area contributed by atoms with Crippen molar-refractivity contribution >= 4 is 47.5 Å². The Labute approximate surface area is 350 Å². The van der Waals surface area contributed by atoms with Gasteiger partial charge in [0, 0.05) is 0 Å². The summed E-state index contributed by atoms with van der Waals surface area (Å²) in [6.07, 6.45) is 43.1. The molecule has 0 amide bonds. The normalized spacial score (nSPS) is 12.3. The highest BCUT2D eigenvalue weighted by Crippen LogP contribution is 2.57. The third-order valence-corrected chi connectivity index (χ3v) is 28.5. The van der Waals surface area contributed by atoms with Gasteiger partial charge in [-0.3, -0.25) is 0 Å². The molecule has 0 nitrogen and oxygen atoms in total. The predicted molar refractivity (Wildman–Crippen MR) is 272 cm³/mol. The van der Waals surface area contributed by atoms with E-state index in [2.05, 4.69) is 83.1 Å². The first-order valence-electron chi connectivity index (χ1n) is 23.8. The fraction of sp³-hybridized carbons (Fsp3) is 0.875. The summed E-state index contributed by atoms with van der Waals surface area (Å²) < 4.78 is 0. The molecule has 6 heteroatoms. The van der Waals surface area contributed by atoms with Gasteiger partial charge in [0.05, 0.1) is 0 Å². The summed E-state index contributed by atoms with van der Waals surface area (Å²) >= 11 is 0. The first-order valence-corrected chi connectivity index (χ1v) is 35.2. The molecule has 0 N–H and O–H groups in total. The van der Waals surface area contributed by atoms with Crippen molar-refractivity contribution in [3.05, 3.63) is 33.4 Å². The smallest absolute Gasteiger partial charge is 0.00672 e. The van der Waals surface area contributed by atoms with Crippen molar-refractivity contribution in [1.82, 2.24) is 0 Å². The van der Waals surface area contributed by atoms with Crippen LogP contribution >= 0.6 is 47.5 Å². The first kappa shape index (κ1) is 53.8. The molecule has 0 radical (unpaired) electrons. The molecule has 0 aromatic heterocycles. The Kier molecular flexibility index (Phi) is 34.4. The van der Waals surface area contributed by atoms with E-state index >= 15 is 0 Å². The maximum Gasteiger partial charge on any atom is -0.00672 e. The minimum atomic E-state index is 0.0479. The van der Waals surface area contributed by atoms with Crippen LogP contribution in [0.4, 0.5) is 0 Å². The molecule has 0 heterocycles. The Bertz CT molecular complexity index is 777. The number of benzene rings is 1. The van der Waals surface area contributed by atoms with Gasteiger partial charge in [-0.15, -0.1) is 47.5 Å². The minimum Gasteiger partial charge on any atom is -0.102 e. The van der Waals surface area contributed by atoms with Crippen molar-refractivity contribution < 1.29 is 0 Å². The van der Waals surface area contributed by atoms with E-state index in [0.29, 0.717) is 0 Å². The van der Waals surface area contributed by atoms with Crippen molar-refractivity contribution in [1.29, 1.82) is 0 Å². The molecule has 0 saturated heterocycles. The van der Waals surface area contributed by atoms with Crippen LogP contribution in [-0.2, 0) is 37.0 Å². The van der Waals surface area contributed by atoms with Crippen molar-refractivity contribution in [2.24, 2.45) is 0 Å². The van der Waals surface area contributed by atoms with Gasteiger partial charge in [-0.25, -0.2) is 0 Å². The van der Waals surface area contributed by atoms with Gasteiger partial charge < -0.3 is 0 Å². The van der Waals surface area contributed by atoms with E-state index in [4.69, 9.17) is 0 Å². The summed E-state index contributed by atoms with van der Waals surface area (Å²) in [4.78, 5) is 0. The third-order valence-electron chi connectivity index (χ3n) is 11.0. The topological polar surface area (TPSA) is 0 Å². The monoisotopic (exact) mass is 859 g/mol. The molecule has 0 aliphatic heterocycles. The van der Waals surface area contributed by atoms with Crippen LogP contribution in [0, 0.1) is 0 Å². The zero-order valence-electron chi connectivity index (χ0n) is 38.9. The average Bonchev–Trinajstić information content (AvgIpc) is 3.13. The molecule has 0 aliphatic rings. The van der Waals surface area contributed by atoms with Gasteiger partial charge >= 0.3 is 0 Å². The van der Waals surface area contributed by atoms with E-state index in [0.717, 1.165) is 0 Å². The molecule has 318 valence electrons. The number of hydrogen-bond donors (Lipinski definition) is 0. The fourth-order valence-corrected chi connectivity index (χ4v) is 24.8. The van der Waals surface area contributed by atoms with Gasteiger partial charge in [0.15, 0.2) is 0 Å². The van der Waals surface area contributed by atoms with Crippen molar-refractivity contribution in [2.75, 3.05) is 73.9 Å². The molecule has 1 rings (SSSR count). The minimum absolute atomic E-state index is 0.0479. The van der Waals surface area contributed by atoms with Crippen molar-refractivity contribution in [3.63, 3.8) is 0 Å². The molecule has 0 saturated carbocycles. The Morgan fingerprint density at radius 1 is 0.185 bits per heavy atom. The largest absolute Gasteiger partial charge is 0.102 e. The molecule has 0 unspecified atom stereocenters. The highest BCUT2D eigenvalue weighted by atomic mass is 31.1. The molecule has 54 heavy (non-hydrogen) atoms. The first-order chi connectivity index (χ1) is 26.3. The molecular weight excluding hydrogens is 762 g/mol. The van der Waals surface area contributed by atoms with Gasteiger partial charge in [0.1, 0.15) is 0 Å². The van der Waals surface area contributed by atoms with E-state index in [1.54, 1.807) is 0 Å². The SMILES string of the molecule is CCCP(CCC)Cc1c(CP(CCC)CCC)c(CP(CCC)CCC)c(CP(CCC)CCC)c(CP(CCC)CCC)c1CP(CCC)CCC. The summed E-state index contributed by atoms with van der Waals surface area (Å²) in [7, 11) is 0.287. The van der Waals surface area contributed by atoms with Gasteiger partial charge in [-0.05, 0) is 144 Å². The van der Waals surface area contributed by atoms with Crippen LogP contribution in [-0.4, -0.2) is 73.9 Å². The van der Waals surface area contributed by atoms with E-state index in [1.165, 1.54) is 188 Å². The van der Waals surface area contributed by atoms with Crippen molar-refractivity contribution in [2.45, 2.75) is 197 Å². The Balaban J connectivity index is 4.72. The summed E-state index contributed by atoms with van der Waals surface area (Å²) in [6.45, 7) is 29.9. The fourth-order valence-electron chi connectivity index (χ4n) is 8.99. The maximum absolute atomic E-state index is 2.49. The molecule has 0 aliphatic carbocycles. The third kappa shape index (κ3) is 20.4. The average molecular weight is 859 g/mol. The van der Waals surface area contributed by atoms with Crippen LogP contribution in [0.3, 0.4) is 0 Å². The summed E-state index contributed by atoms with van der Waals surface area (Å²) in [5.41, 5.74) is 12.2. The van der Waals surface area contributed by atoms with E-state index in [1.807, 2.05) is 33.4 Å². The lowest BCUT2D eigenvalue weighted by atomic mass is 9.90. The predicted octanol–water partition coefficient (Wildman–Crippen LogP) is 18.5. The van der Waals surface area contributed by atoms with Crippen LogP contribution in [0.2, 0.25) is 0 Å². The zero-order valence-corrected chi connectivity index (χ0v) is 44.3. The Morgan fingerprint density at radius 2 is 0.278 bits per heavy atom. The summed E-state index contributed by atoms with van der Waals surface area (Å²) in [6, 6.07) is 0. The summed E-state index contributed by atoms with van der Waals surface area (Å²) in [5, 5.41) is 0. The van der Waals surface area contributed by atoms with Crippen LogP contribution < -0.4 is 0 Å². The second-order valence-electron chi connectivity index (χ2n) is 16.5. The van der Waals surface area contributed by atoms with E-state index in [9.17, 15) is 0 Å². The van der Waals surface area contributed by atoms with Crippen LogP contribution in [0.1, 0.15) is 194 Å². The lowest BCUT2D eigenvalue weighted by Gasteiger charge is -2.35. The number of hydrogen-bond acceptors (Lipinski definition) is 0. The van der Waals surface area contributed by atoms with Crippen LogP contribution in [0.25, 0.3) is 0 Å². The van der Waals surface area contributed by atoms with E-state index in [-0.39, 0.29) is 47.5 Å². The van der Waals surface area contributed by atoms with Crippen molar-refractivity contribution in [3.8, 4) is 0 Å². The molecule has 1 aromatic carbocycles. The van der Waals surface area contributed by atoms with Gasteiger partial charge in [-0.1, -0.05) is 160 Å². The quantitative estimate of drug-likeness (QED) is 0.0590. The molecule has 0 bridgehead atoms. The highest BCUT2D eigenvalue weighted by molar-refractivity contribution is 7.58. The lowest BCUT2D eigenvalue weighted by Crippen LogP contribution is -2.16. The van der Waals surface area contributed by atoms with Gasteiger partial charge in [0.25, 0.3) is 0 Å². The number of rotatable bonds is 36. The lowest BCUT2D eigenvalue weighted by molar-refractivity contribution is 0.986. The summed E-state index contributed by atoms with van der Waals surface area (Å²) in [5.74, 6) is 0. The molecular formula is C48H96P6. The van der Waals surface area contributed by atoms with Crippen LogP contribution in [0.5, 0.6) is 0 Å². The standard InChI is InChI=1S/C48H96P6/c1-13-25-49(26-14-2)37-43-44(38-50(27-15-3)28-16-4)46(40-52(31-19-7)32-20-8)48(42-54(35-23-11)36-24-12)47(41-53(33-21-9)34-22-10)45(43)39-51(29-17-5)30-18-6/h13-42H2,1-12H3. The second kappa shape index (κ2) is 34.5. The van der Waals surface area contributed by atoms with Crippen LogP contribution in [0.15, 0.2) is 0 Å². The Morgan fingerprint density at radius 3 is 0.352 bits per heavy atom. The highest BCUT2D eigenvalue weighted by Gasteiger charge is 2.30. The molecule has 0 spiro atoms. The zero-order chi connectivity index (χ0) is 40.1.